The third-order valence-electron chi connectivity index (χ3n) is 5.32. The van der Waals surface area contributed by atoms with Crippen LogP contribution in [0.1, 0.15) is 18.1 Å². The molecule has 0 spiro atoms. The van der Waals surface area contributed by atoms with Crippen molar-refractivity contribution in [2.24, 2.45) is 0 Å². The van der Waals surface area contributed by atoms with Crippen LogP contribution in [0.2, 0.25) is 0 Å². The van der Waals surface area contributed by atoms with E-state index in [9.17, 15) is 14.4 Å². The summed E-state index contributed by atoms with van der Waals surface area (Å²) in [5.41, 5.74) is 1.02. The Bertz CT molecular complexity index is 1140. The number of rotatable bonds is 4. The summed E-state index contributed by atoms with van der Waals surface area (Å²) in [6.45, 7) is 3.20. The molecule has 3 aromatic carbocycles. The van der Waals surface area contributed by atoms with Gasteiger partial charge in [-0.25, -0.2) is 4.79 Å². The van der Waals surface area contributed by atoms with Crippen molar-refractivity contribution in [1.82, 2.24) is 10.2 Å². The predicted octanol–water partition coefficient (Wildman–Crippen LogP) is 3.55. The Hall–Kier alpha value is -3.67. The summed E-state index contributed by atoms with van der Waals surface area (Å²) in [4.78, 5) is 39.2. The second-order valence-corrected chi connectivity index (χ2v) is 7.34. The summed E-state index contributed by atoms with van der Waals surface area (Å²) < 4.78 is 0. The topological polar surface area (TPSA) is 78.5 Å². The minimum atomic E-state index is -1.24. The van der Waals surface area contributed by atoms with Crippen molar-refractivity contribution < 1.29 is 14.4 Å². The van der Waals surface area contributed by atoms with E-state index in [0.717, 1.165) is 21.2 Å². The zero-order valence-electron chi connectivity index (χ0n) is 16.2. The van der Waals surface area contributed by atoms with Crippen molar-refractivity contribution >= 4 is 34.3 Å². The maximum atomic E-state index is 13.2. The molecule has 1 fully saturated rings. The molecule has 1 aliphatic rings. The summed E-state index contributed by atoms with van der Waals surface area (Å²) in [5.74, 6) is -0.872. The number of para-hydroxylation sites is 1. The fourth-order valence-electron chi connectivity index (χ4n) is 3.73. The lowest BCUT2D eigenvalue weighted by Crippen LogP contribution is -2.42. The van der Waals surface area contributed by atoms with E-state index in [-0.39, 0.29) is 6.54 Å². The number of hydrogen-bond acceptors (Lipinski definition) is 3. The summed E-state index contributed by atoms with van der Waals surface area (Å²) in [6, 6.07) is 20.1. The highest BCUT2D eigenvalue weighted by atomic mass is 16.2. The van der Waals surface area contributed by atoms with E-state index in [1.54, 1.807) is 13.0 Å². The number of anilines is 1. The van der Waals surface area contributed by atoms with Crippen LogP contribution in [0.3, 0.4) is 0 Å². The monoisotopic (exact) mass is 387 g/mol. The van der Waals surface area contributed by atoms with Gasteiger partial charge in [-0.3, -0.25) is 14.5 Å². The van der Waals surface area contributed by atoms with Gasteiger partial charge in [0, 0.05) is 5.69 Å². The van der Waals surface area contributed by atoms with Crippen molar-refractivity contribution in [2.75, 3.05) is 11.9 Å². The van der Waals surface area contributed by atoms with Gasteiger partial charge in [0.2, 0.25) is 5.91 Å². The van der Waals surface area contributed by atoms with Crippen LogP contribution in [-0.4, -0.2) is 29.3 Å². The lowest BCUT2D eigenvalue weighted by atomic mass is 9.88. The molecule has 3 aromatic rings. The van der Waals surface area contributed by atoms with Crippen LogP contribution in [0, 0.1) is 6.92 Å². The molecular weight excluding hydrogens is 366 g/mol. The molecular formula is C23H21N3O3. The number of nitrogens with one attached hydrogen (secondary N) is 2. The number of fused-ring (bicyclic) bond motifs is 1. The number of hydrogen-bond donors (Lipinski definition) is 2. The number of urea groups is 1. The molecule has 1 heterocycles. The maximum Gasteiger partial charge on any atom is 0.325 e. The third-order valence-corrected chi connectivity index (χ3v) is 5.32. The molecule has 1 aliphatic heterocycles. The van der Waals surface area contributed by atoms with Gasteiger partial charge in [0.25, 0.3) is 5.91 Å². The number of imide groups is 1. The zero-order valence-corrected chi connectivity index (χ0v) is 16.2. The number of aryl methyl sites for hydroxylation is 1. The smallest absolute Gasteiger partial charge is 0.324 e. The van der Waals surface area contributed by atoms with Crippen molar-refractivity contribution in [2.45, 2.75) is 19.4 Å². The number of nitrogens with zero attached hydrogens (tertiary/aromatic N) is 1. The molecule has 1 atom stereocenters. The number of carbonyl (C=O) groups is 3. The molecule has 6 nitrogen and oxygen atoms in total. The summed E-state index contributed by atoms with van der Waals surface area (Å²) in [7, 11) is 0. The first-order chi connectivity index (χ1) is 13.9. The van der Waals surface area contributed by atoms with Crippen molar-refractivity contribution in [3.8, 4) is 0 Å². The Morgan fingerprint density at radius 1 is 1.00 bits per heavy atom. The summed E-state index contributed by atoms with van der Waals surface area (Å²) in [5, 5.41) is 7.40. The van der Waals surface area contributed by atoms with E-state index in [1.165, 1.54) is 0 Å². The quantitative estimate of drug-likeness (QED) is 0.672. The highest BCUT2D eigenvalue weighted by Gasteiger charge is 2.50. The first-order valence-corrected chi connectivity index (χ1v) is 9.38. The minimum absolute atomic E-state index is 0.348. The Morgan fingerprint density at radius 3 is 2.48 bits per heavy atom. The summed E-state index contributed by atoms with van der Waals surface area (Å²) >= 11 is 0. The molecule has 2 N–H and O–H groups in total. The minimum Gasteiger partial charge on any atom is -0.324 e. The molecule has 6 heteroatoms. The normalized spacial score (nSPS) is 18.8. The first kappa shape index (κ1) is 18.7. The SMILES string of the molecule is Cc1ccccc1NC(=O)CN1C(=O)N[C@@](C)(c2cccc3ccccc23)C1=O. The number of benzene rings is 3. The zero-order chi connectivity index (χ0) is 20.6. The van der Waals surface area contributed by atoms with Crippen LogP contribution in [0.15, 0.2) is 66.7 Å². The van der Waals surface area contributed by atoms with Crippen LogP contribution in [-0.2, 0) is 15.1 Å². The van der Waals surface area contributed by atoms with Gasteiger partial charge in [0.05, 0.1) is 0 Å². The lowest BCUT2D eigenvalue weighted by molar-refractivity contribution is -0.133. The first-order valence-electron chi connectivity index (χ1n) is 9.38. The van der Waals surface area contributed by atoms with Gasteiger partial charge in [-0.1, -0.05) is 60.7 Å². The van der Waals surface area contributed by atoms with Gasteiger partial charge >= 0.3 is 6.03 Å². The van der Waals surface area contributed by atoms with Gasteiger partial charge in [-0.15, -0.1) is 0 Å². The van der Waals surface area contributed by atoms with Gasteiger partial charge in [0.1, 0.15) is 12.1 Å². The Balaban J connectivity index is 1.60. The molecule has 0 aliphatic carbocycles. The number of amides is 4. The second kappa shape index (κ2) is 7.05. The largest absolute Gasteiger partial charge is 0.325 e. The van der Waals surface area contributed by atoms with Crippen LogP contribution in [0.25, 0.3) is 10.8 Å². The van der Waals surface area contributed by atoms with E-state index in [4.69, 9.17) is 0 Å². The summed E-state index contributed by atoms with van der Waals surface area (Å²) in [6.07, 6.45) is 0. The molecule has 0 saturated carbocycles. The van der Waals surface area contributed by atoms with Crippen LogP contribution in [0.5, 0.6) is 0 Å². The lowest BCUT2D eigenvalue weighted by Gasteiger charge is -2.24. The van der Waals surface area contributed by atoms with Gasteiger partial charge in [-0.2, -0.15) is 0 Å². The second-order valence-electron chi connectivity index (χ2n) is 7.34. The Morgan fingerprint density at radius 2 is 1.69 bits per heavy atom. The van der Waals surface area contributed by atoms with Gasteiger partial charge in [-0.05, 0) is 41.8 Å². The van der Waals surface area contributed by atoms with Crippen LogP contribution in [0.4, 0.5) is 10.5 Å². The fraction of sp³-hybridized carbons (Fsp3) is 0.174. The number of carbonyl (C=O) groups excluding carboxylic acids is 3. The van der Waals surface area contributed by atoms with Gasteiger partial charge < -0.3 is 10.6 Å². The highest BCUT2D eigenvalue weighted by molar-refractivity contribution is 6.11. The van der Waals surface area contributed by atoms with Crippen LogP contribution >= 0.6 is 0 Å². The predicted molar refractivity (Wildman–Crippen MR) is 111 cm³/mol. The molecule has 29 heavy (non-hydrogen) atoms. The van der Waals surface area contributed by atoms with E-state index >= 15 is 0 Å². The van der Waals surface area contributed by atoms with Gasteiger partial charge in [0.15, 0.2) is 0 Å². The molecule has 0 unspecified atom stereocenters. The van der Waals surface area contributed by atoms with E-state index in [0.29, 0.717) is 11.3 Å². The van der Waals surface area contributed by atoms with Crippen molar-refractivity contribution in [3.63, 3.8) is 0 Å². The molecule has 0 aromatic heterocycles. The highest BCUT2D eigenvalue weighted by Crippen LogP contribution is 2.33. The fourth-order valence-corrected chi connectivity index (χ4v) is 3.73. The molecule has 146 valence electrons. The third kappa shape index (κ3) is 3.23. The van der Waals surface area contributed by atoms with Crippen molar-refractivity contribution in [3.05, 3.63) is 77.9 Å². The average Bonchev–Trinajstić information content (AvgIpc) is 2.93. The molecule has 4 rings (SSSR count). The maximum absolute atomic E-state index is 13.2. The average molecular weight is 387 g/mol. The van der Waals surface area contributed by atoms with Crippen LogP contribution < -0.4 is 10.6 Å². The molecule has 0 bridgehead atoms. The molecule has 1 saturated heterocycles. The van der Waals surface area contributed by atoms with Crippen molar-refractivity contribution in [1.29, 1.82) is 0 Å². The molecule has 0 radical (unpaired) electrons. The Labute approximate surface area is 168 Å². The molecule has 4 amide bonds. The Kier molecular flexibility index (Phi) is 4.54. The standard InChI is InChI=1S/C23H21N3O3/c1-15-8-3-6-13-19(15)24-20(27)14-26-21(28)23(2,25-22(26)29)18-12-7-10-16-9-4-5-11-17(16)18/h3-13H,14H2,1-2H3,(H,24,27)(H,25,29)/t23-/m0/s1. The van der Waals surface area contributed by atoms with E-state index < -0.39 is 23.4 Å². The van der Waals surface area contributed by atoms with E-state index in [2.05, 4.69) is 10.6 Å². The van der Waals surface area contributed by atoms with E-state index in [1.807, 2.05) is 67.6 Å².